The SMILES string of the molecule is CC/C=C\C/C=C\C/C=C\C/C=C\C/C=C\C/C=C\CCCCCCCCCCCCC(=O)OCC(COC(=O)CCCCCCCCCCCCCC)OC(=O)CCCCCCCCCCCCCCCCCC. The van der Waals surface area contributed by atoms with E-state index < -0.39 is 6.10 Å². The Morgan fingerprint density at radius 2 is 0.520 bits per heavy atom. The summed E-state index contributed by atoms with van der Waals surface area (Å²) < 4.78 is 16.9. The molecule has 1 atom stereocenters. The molecule has 1 unspecified atom stereocenters. The minimum Gasteiger partial charge on any atom is -0.462 e. The Morgan fingerprint density at radius 1 is 0.280 bits per heavy atom. The van der Waals surface area contributed by atoms with E-state index in [0.29, 0.717) is 19.3 Å². The molecule has 0 aliphatic heterocycles. The van der Waals surface area contributed by atoms with Gasteiger partial charge in [0, 0.05) is 19.3 Å². The van der Waals surface area contributed by atoms with Gasteiger partial charge in [-0.05, 0) is 70.6 Å². The van der Waals surface area contributed by atoms with E-state index in [2.05, 4.69) is 93.7 Å². The fourth-order valence-electron chi connectivity index (χ4n) is 9.39. The fourth-order valence-corrected chi connectivity index (χ4v) is 9.39. The van der Waals surface area contributed by atoms with Crippen molar-refractivity contribution in [3.8, 4) is 0 Å². The van der Waals surface area contributed by atoms with E-state index in [1.807, 2.05) is 0 Å². The van der Waals surface area contributed by atoms with Gasteiger partial charge in [-0.2, -0.15) is 0 Å². The summed E-state index contributed by atoms with van der Waals surface area (Å²) in [5, 5.41) is 0. The lowest BCUT2D eigenvalue weighted by atomic mass is 10.0. The van der Waals surface area contributed by atoms with E-state index in [-0.39, 0.29) is 31.1 Å². The fraction of sp³-hybridized carbons (Fsp3) is 0.783. The second kappa shape index (κ2) is 63.4. The van der Waals surface area contributed by atoms with Crippen LogP contribution < -0.4 is 0 Å². The van der Waals surface area contributed by atoms with Gasteiger partial charge in [0.1, 0.15) is 13.2 Å². The molecule has 0 saturated heterocycles. The minimum absolute atomic E-state index is 0.0709. The molecule has 0 spiro atoms. The van der Waals surface area contributed by atoms with Crippen LogP contribution in [0.4, 0.5) is 0 Å². The normalized spacial score (nSPS) is 12.5. The van der Waals surface area contributed by atoms with Gasteiger partial charge in [0.25, 0.3) is 0 Å². The molecule has 0 fully saturated rings. The molecule has 0 amide bonds. The van der Waals surface area contributed by atoms with Gasteiger partial charge in [-0.25, -0.2) is 0 Å². The van der Waals surface area contributed by atoms with Gasteiger partial charge in [-0.1, -0.05) is 312 Å². The zero-order chi connectivity index (χ0) is 54.3. The monoisotopic (exact) mass is 1050 g/mol. The average molecular weight is 1050 g/mol. The topological polar surface area (TPSA) is 78.9 Å². The quantitative estimate of drug-likeness (QED) is 0.0261. The number of hydrogen-bond donors (Lipinski definition) is 0. The Balaban J connectivity index is 4.23. The summed E-state index contributed by atoms with van der Waals surface area (Å²) in [6.45, 7) is 6.56. The molecule has 75 heavy (non-hydrogen) atoms. The first kappa shape index (κ1) is 71.8. The van der Waals surface area contributed by atoms with Gasteiger partial charge in [-0.3, -0.25) is 14.4 Å². The molecule has 0 aliphatic rings. The summed E-state index contributed by atoms with van der Waals surface area (Å²) >= 11 is 0. The maximum absolute atomic E-state index is 12.9. The van der Waals surface area contributed by atoms with Crippen molar-refractivity contribution in [3.63, 3.8) is 0 Å². The highest BCUT2D eigenvalue weighted by molar-refractivity contribution is 5.71. The third-order valence-electron chi connectivity index (χ3n) is 14.2. The van der Waals surface area contributed by atoms with E-state index in [4.69, 9.17) is 14.2 Å². The van der Waals surface area contributed by atoms with Crippen LogP contribution in [0.1, 0.15) is 329 Å². The zero-order valence-electron chi connectivity index (χ0n) is 49.8. The Hall–Kier alpha value is -3.15. The van der Waals surface area contributed by atoms with Gasteiger partial charge < -0.3 is 14.2 Å². The standard InChI is InChI=1S/C69H122O6/c1-4-7-10-13-16-19-22-25-27-29-30-31-32-33-34-35-36-37-38-39-40-41-43-44-47-50-53-56-59-62-68(71)74-65-66(64-73-67(70)61-58-55-52-49-46-24-21-18-15-12-9-6-3)75-69(72)63-60-57-54-51-48-45-42-28-26-23-20-17-14-11-8-5-2/h7,10,16,19,25,27,30-31,33-34,36-37,66H,4-6,8-9,11-15,17-18,20-24,26,28-29,32,35,38-65H2,1-3H3/b10-7-,19-16-,27-25-,31-30-,34-33-,37-36-. The van der Waals surface area contributed by atoms with Crippen molar-refractivity contribution in [2.45, 2.75) is 335 Å². The maximum atomic E-state index is 12.9. The second-order valence-electron chi connectivity index (χ2n) is 21.7. The Bertz CT molecular complexity index is 1390. The van der Waals surface area contributed by atoms with E-state index in [1.165, 1.54) is 193 Å². The van der Waals surface area contributed by atoms with Gasteiger partial charge in [0.15, 0.2) is 6.10 Å². The van der Waals surface area contributed by atoms with Gasteiger partial charge in [0.2, 0.25) is 0 Å². The lowest BCUT2D eigenvalue weighted by molar-refractivity contribution is -0.167. The lowest BCUT2D eigenvalue weighted by Gasteiger charge is -2.18. The number of hydrogen-bond acceptors (Lipinski definition) is 6. The molecule has 0 aromatic rings. The Morgan fingerprint density at radius 3 is 0.813 bits per heavy atom. The van der Waals surface area contributed by atoms with Crippen molar-refractivity contribution >= 4 is 17.9 Å². The molecule has 6 nitrogen and oxygen atoms in total. The number of carbonyl (C=O) groups excluding carboxylic acids is 3. The van der Waals surface area contributed by atoms with E-state index in [9.17, 15) is 14.4 Å². The van der Waals surface area contributed by atoms with Crippen LogP contribution in [0.25, 0.3) is 0 Å². The van der Waals surface area contributed by atoms with Crippen molar-refractivity contribution < 1.29 is 28.6 Å². The number of ether oxygens (including phenoxy) is 3. The molecule has 0 bridgehead atoms. The highest BCUT2D eigenvalue weighted by atomic mass is 16.6. The van der Waals surface area contributed by atoms with Crippen molar-refractivity contribution in [2.75, 3.05) is 13.2 Å². The first-order chi connectivity index (χ1) is 37.0. The molecule has 0 N–H and O–H groups in total. The molecule has 0 aromatic heterocycles. The summed E-state index contributed by atoms with van der Waals surface area (Å²) in [5.74, 6) is -0.857. The number of allylic oxidation sites excluding steroid dienone is 12. The largest absolute Gasteiger partial charge is 0.462 e. The van der Waals surface area contributed by atoms with Crippen molar-refractivity contribution in [3.05, 3.63) is 72.9 Å². The summed E-state index contributed by atoms with van der Waals surface area (Å²) in [4.78, 5) is 38.3. The number of carbonyl (C=O) groups is 3. The van der Waals surface area contributed by atoms with Crippen LogP contribution in [0.5, 0.6) is 0 Å². The molecule has 0 saturated carbocycles. The van der Waals surface area contributed by atoms with Crippen LogP contribution in [-0.2, 0) is 28.6 Å². The molecule has 434 valence electrons. The first-order valence-electron chi connectivity index (χ1n) is 32.4. The highest BCUT2D eigenvalue weighted by Crippen LogP contribution is 2.17. The third kappa shape index (κ3) is 61.6. The molecular weight excluding hydrogens is 925 g/mol. The third-order valence-corrected chi connectivity index (χ3v) is 14.2. The Kier molecular flexibility index (Phi) is 60.7. The van der Waals surface area contributed by atoms with Crippen LogP contribution in [0.15, 0.2) is 72.9 Å². The number of rotatable bonds is 59. The van der Waals surface area contributed by atoms with Gasteiger partial charge in [0.05, 0.1) is 0 Å². The van der Waals surface area contributed by atoms with Crippen molar-refractivity contribution in [1.82, 2.24) is 0 Å². The second-order valence-corrected chi connectivity index (χ2v) is 21.7. The molecule has 0 rings (SSSR count). The van der Waals surface area contributed by atoms with Crippen molar-refractivity contribution in [1.29, 1.82) is 0 Å². The predicted octanol–water partition coefficient (Wildman–Crippen LogP) is 22.1. The van der Waals surface area contributed by atoms with Crippen LogP contribution >= 0.6 is 0 Å². The van der Waals surface area contributed by atoms with Gasteiger partial charge >= 0.3 is 17.9 Å². The molecule has 0 radical (unpaired) electrons. The lowest BCUT2D eigenvalue weighted by Crippen LogP contribution is -2.30. The number of unbranched alkanes of at least 4 members (excludes halogenated alkanes) is 36. The Labute approximate surface area is 465 Å². The summed E-state index contributed by atoms with van der Waals surface area (Å²) in [5.41, 5.74) is 0. The van der Waals surface area contributed by atoms with Gasteiger partial charge in [-0.15, -0.1) is 0 Å². The number of esters is 3. The molecule has 0 aromatic carbocycles. The van der Waals surface area contributed by atoms with Crippen LogP contribution in [0, 0.1) is 0 Å². The molecule has 0 aliphatic carbocycles. The highest BCUT2D eigenvalue weighted by Gasteiger charge is 2.19. The molecular formula is C69H122O6. The van der Waals surface area contributed by atoms with Crippen LogP contribution in [-0.4, -0.2) is 37.2 Å². The first-order valence-corrected chi connectivity index (χ1v) is 32.4. The maximum Gasteiger partial charge on any atom is 0.306 e. The van der Waals surface area contributed by atoms with E-state index in [1.54, 1.807) is 0 Å². The van der Waals surface area contributed by atoms with E-state index in [0.717, 1.165) is 96.3 Å². The van der Waals surface area contributed by atoms with E-state index >= 15 is 0 Å². The summed E-state index contributed by atoms with van der Waals surface area (Å²) in [6.07, 6.45) is 81.9. The molecule has 6 heteroatoms. The average Bonchev–Trinajstić information content (AvgIpc) is 3.41. The smallest absolute Gasteiger partial charge is 0.306 e. The molecule has 0 heterocycles. The zero-order valence-corrected chi connectivity index (χ0v) is 49.8. The summed E-state index contributed by atoms with van der Waals surface area (Å²) in [7, 11) is 0. The van der Waals surface area contributed by atoms with Crippen LogP contribution in [0.2, 0.25) is 0 Å². The summed E-state index contributed by atoms with van der Waals surface area (Å²) in [6, 6.07) is 0. The predicted molar refractivity (Wildman–Crippen MR) is 325 cm³/mol. The van der Waals surface area contributed by atoms with Crippen molar-refractivity contribution in [2.24, 2.45) is 0 Å². The van der Waals surface area contributed by atoms with Crippen LogP contribution in [0.3, 0.4) is 0 Å². The minimum atomic E-state index is -0.773.